The Labute approximate surface area is 223 Å². The number of piperidine rings is 1. The molecule has 0 unspecified atom stereocenters. The van der Waals surface area contributed by atoms with Gasteiger partial charge in [0.1, 0.15) is 7.85 Å². The smallest absolute Gasteiger partial charge is 0.339 e. The van der Waals surface area contributed by atoms with Gasteiger partial charge in [-0.1, -0.05) is 11.5 Å². The number of hydrogen-bond acceptors (Lipinski definition) is 5. The second-order valence-electron chi connectivity index (χ2n) is 11.1. The first-order valence-corrected chi connectivity index (χ1v) is 15.0. The van der Waals surface area contributed by atoms with E-state index in [-0.39, 0.29) is 29.0 Å². The van der Waals surface area contributed by atoms with Crippen LogP contribution in [-0.4, -0.2) is 58.1 Å². The summed E-state index contributed by atoms with van der Waals surface area (Å²) in [5, 5.41) is 0. The number of sulfone groups is 2. The molecule has 6 nitrogen and oxygen atoms in total. The van der Waals surface area contributed by atoms with Crippen molar-refractivity contribution in [3.05, 3.63) is 53.6 Å². The van der Waals surface area contributed by atoms with E-state index in [1.54, 1.807) is 20.8 Å². The van der Waals surface area contributed by atoms with E-state index < -0.39 is 57.6 Å². The molecule has 1 fully saturated rings. The molecule has 1 heterocycles. The lowest BCUT2D eigenvalue weighted by molar-refractivity contribution is -0.137. The molecule has 1 amide bonds. The minimum Gasteiger partial charge on any atom is -0.339 e. The van der Waals surface area contributed by atoms with Gasteiger partial charge in [0.2, 0.25) is 0 Å². The molecule has 38 heavy (non-hydrogen) atoms. The topological polar surface area (TPSA) is 88.6 Å². The van der Waals surface area contributed by atoms with Gasteiger partial charge in [0.15, 0.2) is 19.7 Å². The summed E-state index contributed by atoms with van der Waals surface area (Å²) in [6.07, 6.45) is -4.04. The van der Waals surface area contributed by atoms with Crippen molar-refractivity contribution in [2.45, 2.75) is 72.9 Å². The number of carbonyl (C=O) groups excluding carboxylic acids is 1. The highest BCUT2D eigenvalue weighted by molar-refractivity contribution is 7.93. The minimum atomic E-state index is -4.67. The third-order valence-electron chi connectivity index (χ3n) is 7.30. The van der Waals surface area contributed by atoms with Gasteiger partial charge < -0.3 is 4.90 Å². The quantitative estimate of drug-likeness (QED) is 0.505. The highest BCUT2D eigenvalue weighted by Crippen LogP contribution is 2.39. The van der Waals surface area contributed by atoms with Gasteiger partial charge in [-0.05, 0) is 89.8 Å². The molecule has 0 aromatic heterocycles. The Morgan fingerprint density at radius 2 is 1.42 bits per heavy atom. The van der Waals surface area contributed by atoms with Crippen molar-refractivity contribution < 1.29 is 34.8 Å². The van der Waals surface area contributed by atoms with Crippen molar-refractivity contribution in [3.8, 4) is 0 Å². The van der Waals surface area contributed by atoms with E-state index in [9.17, 15) is 34.8 Å². The predicted octanol–water partition coefficient (Wildman–Crippen LogP) is 4.18. The SMILES string of the molecule is [B]c1cc(S(=O)(=O)C(C)(C)C)ccc1C(=O)N1CCC(C(C)(C)S(=O)(=O)c2cccc(C(F)(F)F)c2)CC1. The summed E-state index contributed by atoms with van der Waals surface area (Å²) in [5.74, 6) is -0.818. The average molecular weight is 569 g/mol. The Morgan fingerprint density at radius 1 is 0.868 bits per heavy atom. The van der Waals surface area contributed by atoms with Crippen molar-refractivity contribution in [2.24, 2.45) is 5.92 Å². The van der Waals surface area contributed by atoms with Crippen LogP contribution in [0.25, 0.3) is 0 Å². The molecule has 0 saturated carbocycles. The second-order valence-corrected chi connectivity index (χ2v) is 16.3. The van der Waals surface area contributed by atoms with E-state index in [1.807, 2.05) is 0 Å². The maximum absolute atomic E-state index is 13.4. The Balaban J connectivity index is 1.77. The van der Waals surface area contributed by atoms with Crippen molar-refractivity contribution in [1.82, 2.24) is 4.90 Å². The molecule has 2 aromatic carbocycles. The molecule has 206 valence electrons. The molecule has 1 aliphatic rings. The van der Waals surface area contributed by atoms with Gasteiger partial charge in [-0.25, -0.2) is 16.8 Å². The number of amides is 1. The van der Waals surface area contributed by atoms with Crippen LogP contribution >= 0.6 is 0 Å². The van der Waals surface area contributed by atoms with E-state index in [4.69, 9.17) is 7.85 Å². The lowest BCUT2D eigenvalue weighted by atomic mass is 9.85. The van der Waals surface area contributed by atoms with Gasteiger partial charge >= 0.3 is 6.18 Å². The van der Waals surface area contributed by atoms with Crippen molar-refractivity contribution in [1.29, 1.82) is 0 Å². The van der Waals surface area contributed by atoms with Crippen LogP contribution in [0.1, 0.15) is 63.4 Å². The zero-order valence-electron chi connectivity index (χ0n) is 22.0. The summed E-state index contributed by atoms with van der Waals surface area (Å²) in [6.45, 7) is 8.12. The molecule has 2 aromatic rings. The van der Waals surface area contributed by atoms with Crippen LogP contribution in [-0.2, 0) is 25.9 Å². The molecule has 3 rings (SSSR count). The molecule has 2 radical (unpaired) electrons. The van der Waals surface area contributed by atoms with Crippen molar-refractivity contribution in [2.75, 3.05) is 13.1 Å². The standard InChI is InChI=1S/C26H31BF3NO5S2/c1-24(2,3)37(33,34)20-9-10-21(22(27)16-20)23(32)31-13-11-17(12-14-31)25(4,5)38(35,36)19-8-6-7-18(15-19)26(28,29)30/h6-10,15-17H,11-14H2,1-5H3. The number of rotatable bonds is 5. The summed E-state index contributed by atoms with van der Waals surface area (Å²) in [5.41, 5.74) is -0.865. The second kappa shape index (κ2) is 10.0. The van der Waals surface area contributed by atoms with Gasteiger partial charge in [0.05, 0.1) is 24.8 Å². The largest absolute Gasteiger partial charge is 0.416 e. The summed E-state index contributed by atoms with van der Waals surface area (Å²) >= 11 is 0. The Hall–Kier alpha value is -2.34. The van der Waals surface area contributed by atoms with Crippen LogP contribution in [0.4, 0.5) is 13.2 Å². The van der Waals surface area contributed by atoms with Crippen LogP contribution in [0.15, 0.2) is 52.3 Å². The third kappa shape index (κ3) is 5.52. The number of hydrogen-bond donors (Lipinski definition) is 0. The molecule has 0 aliphatic carbocycles. The van der Waals surface area contributed by atoms with E-state index >= 15 is 0 Å². The van der Waals surface area contributed by atoms with E-state index in [2.05, 4.69) is 0 Å². The van der Waals surface area contributed by atoms with Gasteiger partial charge in [-0.2, -0.15) is 13.2 Å². The van der Waals surface area contributed by atoms with Crippen LogP contribution in [0, 0.1) is 5.92 Å². The highest BCUT2D eigenvalue weighted by atomic mass is 32.2. The maximum atomic E-state index is 13.4. The molecule has 0 atom stereocenters. The molecule has 0 N–H and O–H groups in total. The first-order valence-electron chi connectivity index (χ1n) is 12.1. The lowest BCUT2D eigenvalue weighted by Crippen LogP contribution is -2.48. The van der Waals surface area contributed by atoms with Crippen LogP contribution < -0.4 is 5.46 Å². The molecule has 0 bridgehead atoms. The first kappa shape index (κ1) is 30.2. The van der Waals surface area contributed by atoms with Crippen LogP contribution in [0.5, 0.6) is 0 Å². The van der Waals surface area contributed by atoms with E-state index in [0.29, 0.717) is 18.9 Å². The third-order valence-corrected chi connectivity index (χ3v) is 12.4. The summed E-state index contributed by atoms with van der Waals surface area (Å²) in [4.78, 5) is 14.3. The van der Waals surface area contributed by atoms with Gasteiger partial charge in [-0.15, -0.1) is 0 Å². The molecular formula is C26H31BF3NO5S2. The molecule has 1 aliphatic heterocycles. The monoisotopic (exact) mass is 569 g/mol. The van der Waals surface area contributed by atoms with E-state index in [1.165, 1.54) is 36.9 Å². The van der Waals surface area contributed by atoms with Gasteiger partial charge in [0.25, 0.3) is 5.91 Å². The summed E-state index contributed by atoms with van der Waals surface area (Å²) in [6, 6.07) is 7.72. The fraction of sp³-hybridized carbons (Fsp3) is 0.500. The number of alkyl halides is 3. The van der Waals surface area contributed by atoms with Crippen molar-refractivity contribution in [3.63, 3.8) is 0 Å². The molecule has 0 spiro atoms. The van der Waals surface area contributed by atoms with Gasteiger partial charge in [-0.3, -0.25) is 4.79 Å². The predicted molar refractivity (Wildman–Crippen MR) is 140 cm³/mol. The Morgan fingerprint density at radius 3 is 1.92 bits per heavy atom. The van der Waals surface area contributed by atoms with Crippen LogP contribution in [0.2, 0.25) is 0 Å². The highest BCUT2D eigenvalue weighted by Gasteiger charge is 2.45. The zero-order valence-corrected chi connectivity index (χ0v) is 23.6. The number of benzene rings is 2. The maximum Gasteiger partial charge on any atom is 0.416 e. The number of nitrogens with zero attached hydrogens (tertiary/aromatic N) is 1. The Bertz CT molecular complexity index is 1440. The van der Waals surface area contributed by atoms with E-state index in [0.717, 1.165) is 18.2 Å². The summed E-state index contributed by atoms with van der Waals surface area (Å²) < 4.78 is 89.2. The fourth-order valence-corrected chi connectivity index (χ4v) is 7.63. The van der Waals surface area contributed by atoms with Crippen molar-refractivity contribution >= 4 is 38.9 Å². The Kier molecular flexibility index (Phi) is 7.95. The summed E-state index contributed by atoms with van der Waals surface area (Å²) in [7, 11) is -1.73. The number of carbonyl (C=O) groups is 1. The van der Waals surface area contributed by atoms with Crippen LogP contribution in [0.3, 0.4) is 0 Å². The fourth-order valence-electron chi connectivity index (χ4n) is 4.57. The zero-order chi connectivity index (χ0) is 28.9. The normalized spacial score (nSPS) is 16.5. The average Bonchev–Trinajstić information content (AvgIpc) is 2.82. The lowest BCUT2D eigenvalue weighted by Gasteiger charge is -2.40. The molecule has 1 saturated heterocycles. The number of halogens is 3. The molecule has 12 heteroatoms. The number of likely N-dealkylation sites (tertiary alicyclic amines) is 1. The van der Waals surface area contributed by atoms with Gasteiger partial charge in [0, 0.05) is 18.7 Å². The molecular weight excluding hydrogens is 538 g/mol. The first-order chi connectivity index (χ1) is 17.2. The minimum absolute atomic E-state index is 0.0132.